The zero-order valence-electron chi connectivity index (χ0n) is 14.9. The molecule has 1 aliphatic carbocycles. The molecule has 3 aromatic heterocycles. The highest BCUT2D eigenvalue weighted by molar-refractivity contribution is 7.17. The van der Waals surface area contributed by atoms with Crippen LogP contribution in [0.15, 0.2) is 24.5 Å². The van der Waals surface area contributed by atoms with Crippen molar-refractivity contribution >= 4 is 40.5 Å². The maximum absolute atomic E-state index is 11.9. The third-order valence-corrected chi connectivity index (χ3v) is 6.19. The van der Waals surface area contributed by atoms with Crippen LogP contribution in [0.2, 0.25) is 0 Å². The first kappa shape index (κ1) is 18.5. The number of rotatable bonds is 6. The number of fused-ring (bicyclic) bond motifs is 3. The molecule has 0 radical (unpaired) electrons. The molecule has 4 rings (SSSR count). The summed E-state index contributed by atoms with van der Waals surface area (Å²) in [6.07, 6.45) is 4.91. The number of methoxy groups -OCH3 is 1. The standard InChI is InChI=1S/C18H16N4O4S2/c1-25-8-13(23)22-12-5-3-10(7-20-12)26-18-14-11(16(27-18)17(19)24)4-2-9-6-21-28-15(9)14/h3,5-7H,2,4,8H2,1H3,(H2,19,24)(H,20,22,23). The summed E-state index contributed by atoms with van der Waals surface area (Å²) in [6.45, 7) is -0.0473. The quantitative estimate of drug-likeness (QED) is 0.638. The van der Waals surface area contributed by atoms with E-state index in [0.29, 0.717) is 21.5 Å². The normalized spacial score (nSPS) is 12.2. The largest absolute Gasteiger partial charge is 0.444 e. The molecule has 0 unspecified atom stereocenters. The van der Waals surface area contributed by atoms with Crippen molar-refractivity contribution < 1.29 is 19.1 Å². The maximum Gasteiger partial charge on any atom is 0.259 e. The Kier molecular flexibility index (Phi) is 5.07. The van der Waals surface area contributed by atoms with Gasteiger partial charge < -0.3 is 20.5 Å². The van der Waals surface area contributed by atoms with Crippen LogP contribution in [0.4, 0.5) is 5.82 Å². The fourth-order valence-electron chi connectivity index (χ4n) is 3.02. The van der Waals surface area contributed by atoms with Gasteiger partial charge >= 0.3 is 0 Å². The number of carbonyl (C=O) groups excluding carboxylic acids is 2. The van der Waals surface area contributed by atoms with Gasteiger partial charge in [-0.15, -0.1) is 0 Å². The van der Waals surface area contributed by atoms with Crippen LogP contribution in [0.3, 0.4) is 0 Å². The average Bonchev–Trinajstić information content (AvgIpc) is 3.28. The fraction of sp³-hybridized carbons (Fsp3) is 0.222. The first-order valence-corrected chi connectivity index (χ1v) is 9.98. The van der Waals surface area contributed by atoms with Crippen molar-refractivity contribution in [2.45, 2.75) is 12.8 Å². The molecular formula is C18H16N4O4S2. The molecule has 0 bridgehead atoms. The summed E-state index contributed by atoms with van der Waals surface area (Å²) in [5.41, 5.74) is 8.52. The highest BCUT2D eigenvalue weighted by atomic mass is 32.1. The van der Waals surface area contributed by atoms with E-state index in [4.69, 9.17) is 15.2 Å². The predicted molar refractivity (Wildman–Crippen MR) is 106 cm³/mol. The van der Waals surface area contributed by atoms with Crippen LogP contribution in [-0.2, 0) is 22.4 Å². The van der Waals surface area contributed by atoms with Gasteiger partial charge in [0.25, 0.3) is 11.8 Å². The second-order valence-corrected chi connectivity index (χ2v) is 7.86. The van der Waals surface area contributed by atoms with E-state index in [0.717, 1.165) is 34.4 Å². The molecule has 3 N–H and O–H groups in total. The predicted octanol–water partition coefficient (Wildman–Crippen LogP) is 2.84. The molecule has 0 saturated heterocycles. The van der Waals surface area contributed by atoms with Crippen molar-refractivity contribution in [2.75, 3.05) is 19.0 Å². The van der Waals surface area contributed by atoms with E-state index in [1.165, 1.54) is 36.2 Å². The zero-order valence-corrected chi connectivity index (χ0v) is 16.5. The molecule has 1 aliphatic rings. The van der Waals surface area contributed by atoms with Crippen LogP contribution in [0.25, 0.3) is 10.4 Å². The van der Waals surface area contributed by atoms with Crippen LogP contribution in [-0.4, -0.2) is 34.9 Å². The molecule has 8 nitrogen and oxygen atoms in total. The molecule has 0 spiro atoms. The number of carbonyl (C=O) groups is 2. The van der Waals surface area contributed by atoms with Gasteiger partial charge in [0.2, 0.25) is 0 Å². The minimum absolute atomic E-state index is 0.0473. The van der Waals surface area contributed by atoms with Crippen molar-refractivity contribution in [3.8, 4) is 21.3 Å². The Morgan fingerprint density at radius 3 is 2.86 bits per heavy atom. The number of amides is 2. The molecule has 3 heterocycles. The number of primary amides is 1. The Balaban J connectivity index is 1.62. The van der Waals surface area contributed by atoms with E-state index in [2.05, 4.69) is 14.7 Å². The Morgan fingerprint density at radius 1 is 1.29 bits per heavy atom. The summed E-state index contributed by atoms with van der Waals surface area (Å²) in [6, 6.07) is 3.33. The van der Waals surface area contributed by atoms with Gasteiger partial charge in [-0.25, -0.2) is 9.36 Å². The molecule has 10 heteroatoms. The summed E-state index contributed by atoms with van der Waals surface area (Å²) < 4.78 is 15.1. The van der Waals surface area contributed by atoms with E-state index >= 15 is 0 Å². The summed E-state index contributed by atoms with van der Waals surface area (Å²) in [4.78, 5) is 29.1. The van der Waals surface area contributed by atoms with E-state index in [-0.39, 0.29) is 12.5 Å². The van der Waals surface area contributed by atoms with Gasteiger partial charge in [-0.2, -0.15) is 0 Å². The highest BCUT2D eigenvalue weighted by Gasteiger charge is 2.30. The molecular weight excluding hydrogens is 400 g/mol. The van der Waals surface area contributed by atoms with Gasteiger partial charge in [-0.1, -0.05) is 11.3 Å². The number of nitrogens with two attached hydrogens (primary N) is 1. The molecule has 0 fully saturated rings. The van der Waals surface area contributed by atoms with Crippen LogP contribution in [0, 0.1) is 0 Å². The Morgan fingerprint density at radius 2 is 2.14 bits per heavy atom. The van der Waals surface area contributed by atoms with Crippen molar-refractivity contribution in [2.24, 2.45) is 5.73 Å². The topological polar surface area (TPSA) is 116 Å². The number of pyridine rings is 1. The second kappa shape index (κ2) is 7.66. The van der Waals surface area contributed by atoms with Crippen LogP contribution < -0.4 is 15.8 Å². The first-order valence-electron chi connectivity index (χ1n) is 8.39. The zero-order chi connectivity index (χ0) is 19.7. The number of nitrogens with zero attached hydrogens (tertiary/aromatic N) is 2. The SMILES string of the molecule is COCC(=O)Nc1ccc(Oc2sc(C(N)=O)c3c2-c2sncc2CC3)cn1. The Bertz CT molecular complexity index is 1040. The average molecular weight is 416 g/mol. The van der Waals surface area contributed by atoms with Crippen molar-refractivity contribution in [3.05, 3.63) is 40.5 Å². The van der Waals surface area contributed by atoms with Gasteiger partial charge in [0.15, 0.2) is 5.06 Å². The van der Waals surface area contributed by atoms with Gasteiger partial charge in [-0.05, 0) is 47.6 Å². The molecule has 0 atom stereocenters. The Labute approximate surface area is 168 Å². The molecule has 2 amide bonds. The fourth-order valence-corrected chi connectivity index (χ4v) is 5.02. The lowest BCUT2D eigenvalue weighted by molar-refractivity contribution is -0.119. The van der Waals surface area contributed by atoms with E-state index < -0.39 is 5.91 Å². The molecule has 28 heavy (non-hydrogen) atoms. The second-order valence-electron chi connectivity index (χ2n) is 6.08. The smallest absolute Gasteiger partial charge is 0.259 e. The summed E-state index contributed by atoms with van der Waals surface area (Å²) in [7, 11) is 1.44. The Hall–Kier alpha value is -2.82. The number of hydrogen-bond acceptors (Lipinski definition) is 8. The van der Waals surface area contributed by atoms with Gasteiger partial charge in [0, 0.05) is 13.3 Å². The molecule has 0 saturated carbocycles. The molecule has 144 valence electrons. The summed E-state index contributed by atoms with van der Waals surface area (Å²) >= 11 is 2.62. The molecule has 0 aromatic carbocycles. The van der Waals surface area contributed by atoms with Crippen LogP contribution >= 0.6 is 22.9 Å². The third kappa shape index (κ3) is 3.49. The van der Waals surface area contributed by atoms with E-state index in [1.54, 1.807) is 12.1 Å². The van der Waals surface area contributed by atoms with Gasteiger partial charge in [-0.3, -0.25) is 9.59 Å². The molecule has 3 aromatic rings. The van der Waals surface area contributed by atoms with Crippen molar-refractivity contribution in [3.63, 3.8) is 0 Å². The number of anilines is 1. The van der Waals surface area contributed by atoms with Crippen LogP contribution in [0.5, 0.6) is 10.8 Å². The maximum atomic E-state index is 11.9. The summed E-state index contributed by atoms with van der Waals surface area (Å²) in [5, 5.41) is 3.21. The number of nitrogens with one attached hydrogen (secondary N) is 1. The number of hydrogen-bond donors (Lipinski definition) is 2. The molecule has 0 aliphatic heterocycles. The highest BCUT2D eigenvalue weighted by Crippen LogP contribution is 2.49. The number of thiophene rings is 1. The lowest BCUT2D eigenvalue weighted by Crippen LogP contribution is -2.17. The van der Waals surface area contributed by atoms with Crippen LogP contribution in [0.1, 0.15) is 20.8 Å². The lowest BCUT2D eigenvalue weighted by Gasteiger charge is -2.14. The third-order valence-electron chi connectivity index (χ3n) is 4.20. The lowest BCUT2D eigenvalue weighted by atomic mass is 9.93. The van der Waals surface area contributed by atoms with Gasteiger partial charge in [0.1, 0.15) is 18.2 Å². The summed E-state index contributed by atoms with van der Waals surface area (Å²) in [5.74, 6) is 0.129. The number of aromatic nitrogens is 2. The van der Waals surface area contributed by atoms with Crippen molar-refractivity contribution in [1.82, 2.24) is 9.36 Å². The van der Waals surface area contributed by atoms with Gasteiger partial charge in [0.05, 0.1) is 21.5 Å². The van der Waals surface area contributed by atoms with Crippen molar-refractivity contribution in [1.29, 1.82) is 0 Å². The monoisotopic (exact) mass is 416 g/mol. The number of aryl methyl sites for hydroxylation is 1. The van der Waals surface area contributed by atoms with E-state index in [9.17, 15) is 9.59 Å². The first-order chi connectivity index (χ1) is 13.6. The minimum atomic E-state index is -0.460. The number of ether oxygens (including phenoxy) is 2. The van der Waals surface area contributed by atoms with E-state index in [1.807, 2.05) is 6.20 Å². The minimum Gasteiger partial charge on any atom is -0.444 e.